The fourth-order valence-corrected chi connectivity index (χ4v) is 6.74. The topological polar surface area (TPSA) is 96.4 Å². The van der Waals surface area contributed by atoms with Crippen LogP contribution >= 0.6 is 23.1 Å². The number of hydrogen-bond acceptors (Lipinski definition) is 6. The molecule has 0 aliphatic heterocycles. The van der Waals surface area contributed by atoms with Gasteiger partial charge >= 0.3 is 5.97 Å². The van der Waals surface area contributed by atoms with Crippen molar-refractivity contribution in [1.29, 1.82) is 0 Å². The number of ketones is 1. The Morgan fingerprint density at radius 2 is 1.82 bits per heavy atom. The molecule has 0 spiro atoms. The molecule has 0 radical (unpaired) electrons. The summed E-state index contributed by atoms with van der Waals surface area (Å²) in [5.41, 5.74) is 3.23. The number of aromatic nitrogens is 1. The zero-order chi connectivity index (χ0) is 23.1. The molecular weight excluding hydrogens is 456 g/mol. The summed E-state index contributed by atoms with van der Waals surface area (Å²) >= 11 is 2.87. The number of amides is 1. The molecule has 1 heterocycles. The number of thiazole rings is 1. The molecule has 0 unspecified atom stereocenters. The van der Waals surface area contributed by atoms with E-state index in [4.69, 9.17) is 0 Å². The summed E-state index contributed by atoms with van der Waals surface area (Å²) in [6, 6.07) is 13.0. The summed E-state index contributed by atoms with van der Waals surface area (Å²) in [5.74, 6) is -2.09. The van der Waals surface area contributed by atoms with Gasteiger partial charge in [-0.2, -0.15) is 0 Å². The number of aryl methyl sites for hydroxylation is 1. The molecule has 2 bridgehead atoms. The predicted molar refractivity (Wildman–Crippen MR) is 130 cm³/mol. The van der Waals surface area contributed by atoms with Gasteiger partial charge in [0, 0.05) is 11.3 Å². The molecule has 2 N–H and O–H groups in total. The molecule has 168 valence electrons. The van der Waals surface area contributed by atoms with Crippen molar-refractivity contribution < 1.29 is 19.5 Å². The van der Waals surface area contributed by atoms with E-state index in [9.17, 15) is 19.5 Å². The van der Waals surface area contributed by atoms with Gasteiger partial charge in [0.05, 0.1) is 27.8 Å². The van der Waals surface area contributed by atoms with Crippen molar-refractivity contribution in [2.24, 2.45) is 23.7 Å². The number of nitrogens with zero attached hydrogens (tertiary/aromatic N) is 1. The molecule has 5 rings (SSSR count). The van der Waals surface area contributed by atoms with E-state index < -0.39 is 17.8 Å². The van der Waals surface area contributed by atoms with Crippen molar-refractivity contribution in [1.82, 2.24) is 4.98 Å². The Bertz CT molecular complexity index is 1280. The lowest BCUT2D eigenvalue weighted by Gasteiger charge is -2.23. The van der Waals surface area contributed by atoms with Crippen LogP contribution in [0.5, 0.6) is 0 Å². The Labute approximate surface area is 199 Å². The minimum Gasteiger partial charge on any atom is -0.481 e. The van der Waals surface area contributed by atoms with Crippen molar-refractivity contribution in [2.45, 2.75) is 17.7 Å². The van der Waals surface area contributed by atoms with E-state index in [0.717, 1.165) is 26.5 Å². The fourth-order valence-electron chi connectivity index (χ4n) is 4.73. The van der Waals surface area contributed by atoms with Gasteiger partial charge in [-0.05, 0) is 43.4 Å². The van der Waals surface area contributed by atoms with Crippen LogP contribution < -0.4 is 5.32 Å². The molecule has 1 fully saturated rings. The molecule has 2 aliphatic carbocycles. The van der Waals surface area contributed by atoms with E-state index in [-0.39, 0.29) is 23.5 Å². The summed E-state index contributed by atoms with van der Waals surface area (Å²) in [7, 11) is 0. The first-order valence-electron chi connectivity index (χ1n) is 10.7. The number of hydrogen-bond donors (Lipinski definition) is 2. The second-order valence-corrected chi connectivity index (χ2v) is 10.8. The summed E-state index contributed by atoms with van der Waals surface area (Å²) in [6.45, 7) is 1.99. The van der Waals surface area contributed by atoms with Crippen LogP contribution in [0.4, 0.5) is 5.69 Å². The monoisotopic (exact) mass is 478 g/mol. The third kappa shape index (κ3) is 4.32. The second kappa shape index (κ2) is 8.76. The third-order valence-electron chi connectivity index (χ3n) is 6.38. The fraction of sp³-hybridized carbons (Fsp3) is 0.280. The lowest BCUT2D eigenvalue weighted by atomic mass is 9.82. The smallest absolute Gasteiger partial charge is 0.307 e. The molecule has 2 aliphatic rings. The van der Waals surface area contributed by atoms with Crippen molar-refractivity contribution in [3.05, 3.63) is 65.7 Å². The number of carbonyl (C=O) groups excluding carboxylic acids is 2. The van der Waals surface area contributed by atoms with Crippen LogP contribution in [0, 0.1) is 30.6 Å². The highest BCUT2D eigenvalue weighted by Gasteiger charge is 2.51. The minimum absolute atomic E-state index is 0.0164. The van der Waals surface area contributed by atoms with Crippen molar-refractivity contribution >= 4 is 56.7 Å². The minimum atomic E-state index is -0.910. The first kappa shape index (κ1) is 21.9. The molecule has 1 saturated carbocycles. The van der Waals surface area contributed by atoms with Crippen LogP contribution in [-0.2, 0) is 9.59 Å². The van der Waals surface area contributed by atoms with E-state index in [2.05, 4.69) is 10.3 Å². The van der Waals surface area contributed by atoms with E-state index in [1.165, 1.54) is 23.1 Å². The molecule has 3 aromatic rings. The summed E-state index contributed by atoms with van der Waals surface area (Å²) in [6.07, 6.45) is 4.63. The van der Waals surface area contributed by atoms with Crippen molar-refractivity contribution in [2.75, 3.05) is 11.1 Å². The Balaban J connectivity index is 1.26. The van der Waals surface area contributed by atoms with E-state index in [0.29, 0.717) is 17.0 Å². The largest absolute Gasteiger partial charge is 0.481 e. The van der Waals surface area contributed by atoms with Crippen LogP contribution in [0.1, 0.15) is 22.3 Å². The Hall–Kier alpha value is -2.97. The molecule has 1 amide bonds. The maximum Gasteiger partial charge on any atom is 0.307 e. The number of carboxylic acids is 1. The number of thioether (sulfide) groups is 1. The van der Waals surface area contributed by atoms with Gasteiger partial charge in [0.25, 0.3) is 0 Å². The maximum absolute atomic E-state index is 12.9. The highest BCUT2D eigenvalue weighted by atomic mass is 32.2. The molecule has 8 heteroatoms. The average molecular weight is 479 g/mol. The second-order valence-electron chi connectivity index (χ2n) is 8.57. The number of anilines is 1. The standard InChI is InChI=1S/C25H22N2O4S2/c1-13-2-4-14(5-3-13)19(28)12-32-25-27-18-9-8-17(11-20(18)33-25)26-23(29)21-15-6-7-16(10-15)22(21)24(30)31/h2-9,11,15-16,21-22H,10,12H2,1H3,(H,26,29)(H,30,31)/t15-,16-,21-,22+/m0/s1. The lowest BCUT2D eigenvalue weighted by Crippen LogP contribution is -2.36. The quantitative estimate of drug-likeness (QED) is 0.281. The van der Waals surface area contributed by atoms with Crippen LogP contribution in [0.25, 0.3) is 10.2 Å². The number of fused-ring (bicyclic) bond motifs is 3. The van der Waals surface area contributed by atoms with Gasteiger partial charge in [-0.25, -0.2) is 4.98 Å². The average Bonchev–Trinajstić information content (AvgIpc) is 3.51. The molecule has 33 heavy (non-hydrogen) atoms. The number of carbonyl (C=O) groups is 3. The van der Waals surface area contributed by atoms with Gasteiger partial charge in [-0.15, -0.1) is 11.3 Å². The predicted octanol–water partition coefficient (Wildman–Crippen LogP) is 5.04. The normalized spacial score (nSPS) is 23.2. The Morgan fingerprint density at radius 1 is 1.09 bits per heavy atom. The zero-order valence-corrected chi connectivity index (χ0v) is 19.5. The van der Waals surface area contributed by atoms with Crippen molar-refractivity contribution in [3.63, 3.8) is 0 Å². The number of benzene rings is 2. The third-order valence-corrected chi connectivity index (χ3v) is 8.54. The number of allylic oxidation sites excluding steroid dienone is 2. The molecule has 2 aromatic carbocycles. The molecule has 1 aromatic heterocycles. The maximum atomic E-state index is 12.9. The van der Waals surface area contributed by atoms with Gasteiger partial charge < -0.3 is 10.4 Å². The first-order chi connectivity index (χ1) is 15.9. The van der Waals surface area contributed by atoms with E-state index >= 15 is 0 Å². The Kier molecular flexibility index (Phi) is 5.80. The van der Waals surface area contributed by atoms with Gasteiger partial charge in [0.15, 0.2) is 10.1 Å². The lowest BCUT2D eigenvalue weighted by molar-refractivity contribution is -0.146. The Morgan fingerprint density at radius 3 is 2.55 bits per heavy atom. The van der Waals surface area contributed by atoms with Crippen LogP contribution in [0.3, 0.4) is 0 Å². The summed E-state index contributed by atoms with van der Waals surface area (Å²) in [4.78, 5) is 41.7. The van der Waals surface area contributed by atoms with Crippen LogP contribution in [0.2, 0.25) is 0 Å². The molecular formula is C25H22N2O4S2. The summed E-state index contributed by atoms with van der Waals surface area (Å²) in [5, 5.41) is 12.5. The number of rotatable bonds is 7. The number of nitrogens with one attached hydrogen (secondary N) is 1. The van der Waals surface area contributed by atoms with Gasteiger partial charge in [0.2, 0.25) is 5.91 Å². The summed E-state index contributed by atoms with van der Waals surface area (Å²) < 4.78 is 1.69. The number of aliphatic carboxylic acids is 1. The van der Waals surface area contributed by atoms with Crippen LogP contribution in [0.15, 0.2) is 59.0 Å². The molecule has 0 saturated heterocycles. The highest BCUT2D eigenvalue weighted by Crippen LogP contribution is 2.48. The van der Waals surface area contributed by atoms with E-state index in [1.54, 1.807) is 6.07 Å². The van der Waals surface area contributed by atoms with Crippen molar-refractivity contribution in [3.8, 4) is 0 Å². The number of carboxylic acid groups (broad SMARTS) is 1. The zero-order valence-electron chi connectivity index (χ0n) is 17.9. The van der Waals surface area contributed by atoms with Crippen LogP contribution in [-0.4, -0.2) is 33.5 Å². The van der Waals surface area contributed by atoms with E-state index in [1.807, 2.05) is 55.5 Å². The molecule has 6 nitrogen and oxygen atoms in total. The van der Waals surface area contributed by atoms with Gasteiger partial charge in [0.1, 0.15) is 0 Å². The molecule has 4 atom stereocenters. The number of Topliss-reactive ketones (excluding diaryl/α,β-unsaturated/α-hetero) is 1. The van der Waals surface area contributed by atoms with Gasteiger partial charge in [-0.1, -0.05) is 53.7 Å². The first-order valence-corrected chi connectivity index (χ1v) is 12.5. The van der Waals surface area contributed by atoms with Gasteiger partial charge in [-0.3, -0.25) is 14.4 Å². The SMILES string of the molecule is Cc1ccc(C(=O)CSc2nc3ccc(NC(=O)[C@@H]4[C@H](C(=O)O)[C@H]5C=C[C@H]4C5)cc3s2)cc1. The highest BCUT2D eigenvalue weighted by molar-refractivity contribution is 8.01.